The largest absolute Gasteiger partial charge is 0.497 e. The molecule has 0 saturated heterocycles. The van der Waals surface area contributed by atoms with E-state index in [-0.39, 0.29) is 24.2 Å². The molecule has 1 atom stereocenters. The molecule has 0 unspecified atom stereocenters. The van der Waals surface area contributed by atoms with Gasteiger partial charge in [-0.3, -0.25) is 20.2 Å². The highest BCUT2D eigenvalue weighted by molar-refractivity contribution is 6.10. The molecular formula is C21H24N4O4. The minimum atomic E-state index is -0.503. The second-order valence-electron chi connectivity index (χ2n) is 6.75. The zero-order valence-corrected chi connectivity index (χ0v) is 16.9. The predicted octanol–water partition coefficient (Wildman–Crippen LogP) is 2.12. The lowest BCUT2D eigenvalue weighted by molar-refractivity contribution is -0.120. The summed E-state index contributed by atoms with van der Waals surface area (Å²) in [6, 6.07) is 12.0. The van der Waals surface area contributed by atoms with E-state index < -0.39 is 6.04 Å². The molecule has 2 aromatic rings. The quantitative estimate of drug-likeness (QED) is 0.808. The highest BCUT2D eigenvalue weighted by Crippen LogP contribution is 2.34. The van der Waals surface area contributed by atoms with Gasteiger partial charge in [0.1, 0.15) is 11.5 Å². The summed E-state index contributed by atoms with van der Waals surface area (Å²) < 4.78 is 10.7. The number of ether oxygens (including phenoxy) is 2. The van der Waals surface area contributed by atoms with Crippen LogP contribution in [0.1, 0.15) is 28.4 Å². The maximum Gasteiger partial charge on any atom is 0.258 e. The third-order valence-corrected chi connectivity index (χ3v) is 4.57. The van der Waals surface area contributed by atoms with Gasteiger partial charge in [-0.05, 0) is 36.4 Å². The summed E-state index contributed by atoms with van der Waals surface area (Å²) >= 11 is 0. The Balaban J connectivity index is 1.86. The first-order valence-corrected chi connectivity index (χ1v) is 9.09. The number of hydrogen-bond donors (Lipinski definition) is 2. The topological polar surface area (TPSA) is 92.3 Å². The summed E-state index contributed by atoms with van der Waals surface area (Å²) in [5.74, 6) is 0.737. The van der Waals surface area contributed by atoms with Crippen LogP contribution in [0, 0.1) is 0 Å². The summed E-state index contributed by atoms with van der Waals surface area (Å²) in [7, 11) is 6.91. The molecule has 0 bridgehead atoms. The lowest BCUT2D eigenvalue weighted by atomic mass is 10.0. The molecule has 0 radical (unpaired) electrons. The third-order valence-electron chi connectivity index (χ3n) is 4.57. The Morgan fingerprint density at radius 2 is 1.97 bits per heavy atom. The van der Waals surface area contributed by atoms with E-state index in [9.17, 15) is 9.59 Å². The van der Waals surface area contributed by atoms with Gasteiger partial charge in [0.2, 0.25) is 11.9 Å². The van der Waals surface area contributed by atoms with Crippen molar-refractivity contribution in [3.05, 3.63) is 53.6 Å². The standard InChI is InChI=1S/C21H24N4O4/c1-25(2)14-7-5-6-13(10-14)20(27)24-21-22-17(12-19(26)23-21)16-11-15(28-3)8-9-18(16)29-4/h5-11,17H,12H2,1-4H3,(H2,22,23,24,26,27)/t17-/m0/s1. The molecule has 0 aliphatic carbocycles. The molecule has 0 saturated carbocycles. The molecule has 0 aromatic heterocycles. The van der Waals surface area contributed by atoms with Crippen molar-refractivity contribution >= 4 is 23.5 Å². The van der Waals surface area contributed by atoms with Gasteiger partial charge < -0.3 is 14.4 Å². The molecule has 0 spiro atoms. The fourth-order valence-electron chi connectivity index (χ4n) is 3.04. The second-order valence-corrected chi connectivity index (χ2v) is 6.75. The van der Waals surface area contributed by atoms with Crippen molar-refractivity contribution in [2.45, 2.75) is 12.5 Å². The summed E-state index contributed by atoms with van der Waals surface area (Å²) in [5.41, 5.74) is 2.07. The van der Waals surface area contributed by atoms with Crippen LogP contribution in [0.3, 0.4) is 0 Å². The van der Waals surface area contributed by atoms with Crippen LogP contribution in [-0.2, 0) is 4.79 Å². The van der Waals surface area contributed by atoms with Gasteiger partial charge in [-0.2, -0.15) is 0 Å². The molecule has 3 rings (SSSR count). The minimum absolute atomic E-state index is 0.108. The Labute approximate surface area is 169 Å². The van der Waals surface area contributed by atoms with Crippen LogP contribution in [0.5, 0.6) is 11.5 Å². The number of methoxy groups -OCH3 is 2. The summed E-state index contributed by atoms with van der Waals surface area (Å²) in [5, 5.41) is 5.30. The molecule has 0 fully saturated rings. The second kappa shape index (κ2) is 8.64. The highest BCUT2D eigenvalue weighted by atomic mass is 16.5. The first kappa shape index (κ1) is 20.2. The molecule has 29 heavy (non-hydrogen) atoms. The van der Waals surface area contributed by atoms with Crippen molar-refractivity contribution in [3.8, 4) is 11.5 Å². The van der Waals surface area contributed by atoms with Crippen LogP contribution in [0.25, 0.3) is 0 Å². The predicted molar refractivity (Wildman–Crippen MR) is 111 cm³/mol. The fraction of sp³-hybridized carbons (Fsp3) is 0.286. The van der Waals surface area contributed by atoms with Crippen LogP contribution >= 0.6 is 0 Å². The van der Waals surface area contributed by atoms with Gasteiger partial charge >= 0.3 is 0 Å². The van der Waals surface area contributed by atoms with Gasteiger partial charge in [0.15, 0.2) is 0 Å². The van der Waals surface area contributed by atoms with Gasteiger partial charge in [-0.25, -0.2) is 4.99 Å². The Hall–Kier alpha value is -3.55. The number of rotatable bonds is 5. The molecule has 8 nitrogen and oxygen atoms in total. The van der Waals surface area contributed by atoms with Crippen LogP contribution in [0.15, 0.2) is 47.5 Å². The molecule has 1 heterocycles. The number of carbonyl (C=O) groups is 2. The van der Waals surface area contributed by atoms with Gasteiger partial charge in [0.25, 0.3) is 5.91 Å². The molecule has 1 aliphatic heterocycles. The molecule has 152 valence electrons. The Morgan fingerprint density at radius 3 is 2.66 bits per heavy atom. The third kappa shape index (κ3) is 4.66. The zero-order chi connectivity index (χ0) is 21.0. The number of amides is 2. The lowest BCUT2D eigenvalue weighted by Gasteiger charge is -2.23. The number of benzene rings is 2. The summed E-state index contributed by atoms with van der Waals surface area (Å²) in [6.45, 7) is 0. The van der Waals surface area contributed by atoms with Crippen LogP contribution in [0.2, 0.25) is 0 Å². The van der Waals surface area contributed by atoms with Crippen molar-refractivity contribution in [2.24, 2.45) is 4.99 Å². The molecular weight excluding hydrogens is 372 g/mol. The van der Waals surface area contributed by atoms with E-state index >= 15 is 0 Å². The Bertz CT molecular complexity index is 955. The maximum absolute atomic E-state index is 12.7. The van der Waals surface area contributed by atoms with Gasteiger partial charge in [0.05, 0.1) is 26.7 Å². The number of aliphatic imine (C=N–C) groups is 1. The summed E-state index contributed by atoms with van der Waals surface area (Å²) in [6.07, 6.45) is 0.138. The summed E-state index contributed by atoms with van der Waals surface area (Å²) in [4.78, 5) is 31.3. The smallest absolute Gasteiger partial charge is 0.258 e. The van der Waals surface area contributed by atoms with Crippen LogP contribution < -0.4 is 25.0 Å². The SMILES string of the molecule is COc1ccc(OC)c([C@@H]2CC(=O)NC(NC(=O)c3cccc(N(C)C)c3)=N2)c1. The highest BCUT2D eigenvalue weighted by Gasteiger charge is 2.26. The normalized spacial score (nSPS) is 15.8. The number of nitrogens with zero attached hydrogens (tertiary/aromatic N) is 2. The molecule has 8 heteroatoms. The molecule has 2 aromatic carbocycles. The lowest BCUT2D eigenvalue weighted by Crippen LogP contribution is -2.47. The Kier molecular flexibility index (Phi) is 6.01. The number of nitrogens with one attached hydrogen (secondary N) is 2. The van der Waals surface area contributed by atoms with E-state index in [0.29, 0.717) is 22.6 Å². The maximum atomic E-state index is 12.7. The minimum Gasteiger partial charge on any atom is -0.497 e. The van der Waals surface area contributed by atoms with Crippen molar-refractivity contribution in [1.29, 1.82) is 0 Å². The van der Waals surface area contributed by atoms with Crippen molar-refractivity contribution < 1.29 is 19.1 Å². The first-order valence-electron chi connectivity index (χ1n) is 9.09. The van der Waals surface area contributed by atoms with Gasteiger partial charge in [-0.1, -0.05) is 6.07 Å². The van der Waals surface area contributed by atoms with Crippen molar-refractivity contribution in [2.75, 3.05) is 33.2 Å². The molecule has 2 N–H and O–H groups in total. The zero-order valence-electron chi connectivity index (χ0n) is 16.9. The average molecular weight is 396 g/mol. The van der Waals surface area contributed by atoms with Crippen LogP contribution in [-0.4, -0.2) is 46.1 Å². The van der Waals surface area contributed by atoms with E-state index in [1.165, 1.54) is 0 Å². The first-order chi connectivity index (χ1) is 13.9. The van der Waals surface area contributed by atoms with E-state index in [0.717, 1.165) is 5.69 Å². The molecule has 2 amide bonds. The Morgan fingerprint density at radius 1 is 1.17 bits per heavy atom. The van der Waals surface area contributed by atoms with E-state index in [4.69, 9.17) is 9.47 Å². The van der Waals surface area contributed by atoms with E-state index in [1.54, 1.807) is 50.6 Å². The fourth-order valence-corrected chi connectivity index (χ4v) is 3.04. The number of guanidine groups is 1. The van der Waals surface area contributed by atoms with E-state index in [2.05, 4.69) is 15.6 Å². The van der Waals surface area contributed by atoms with Crippen LogP contribution in [0.4, 0.5) is 5.69 Å². The number of carbonyl (C=O) groups excluding carboxylic acids is 2. The average Bonchev–Trinajstić information content (AvgIpc) is 2.72. The van der Waals surface area contributed by atoms with Gasteiger partial charge in [-0.15, -0.1) is 0 Å². The van der Waals surface area contributed by atoms with Crippen molar-refractivity contribution in [3.63, 3.8) is 0 Å². The number of hydrogen-bond acceptors (Lipinski definition) is 6. The van der Waals surface area contributed by atoms with E-state index in [1.807, 2.05) is 25.1 Å². The van der Waals surface area contributed by atoms with Crippen molar-refractivity contribution in [1.82, 2.24) is 10.6 Å². The molecule has 1 aliphatic rings. The monoisotopic (exact) mass is 396 g/mol. The van der Waals surface area contributed by atoms with Gasteiger partial charge in [0, 0.05) is 30.9 Å². The number of anilines is 1.